The molecule has 2 aromatic carbocycles. The molecule has 0 amide bonds. The summed E-state index contributed by atoms with van der Waals surface area (Å²) in [4.78, 5) is 13.1. The number of hydrogen-bond acceptors (Lipinski definition) is 6. The van der Waals surface area contributed by atoms with Crippen LogP contribution in [0.2, 0.25) is 0 Å². The van der Waals surface area contributed by atoms with Gasteiger partial charge in [0.25, 0.3) is 0 Å². The van der Waals surface area contributed by atoms with Crippen molar-refractivity contribution in [3.63, 3.8) is 0 Å². The molecule has 1 heterocycles. The molecule has 146 valence electrons. The summed E-state index contributed by atoms with van der Waals surface area (Å²) in [7, 11) is 1.58. The van der Waals surface area contributed by atoms with Crippen LogP contribution in [0.4, 0.5) is 24.8 Å². The average Bonchev–Trinajstić information content (AvgIpc) is 2.68. The Morgan fingerprint density at radius 3 is 2.11 bits per heavy atom. The molecule has 0 atom stereocenters. The first-order chi connectivity index (χ1) is 13.4. The van der Waals surface area contributed by atoms with Crippen LogP contribution in [-0.2, 0) is 6.42 Å². The lowest BCUT2D eigenvalue weighted by Crippen LogP contribution is -2.17. The van der Waals surface area contributed by atoms with Crippen LogP contribution in [0.5, 0.6) is 11.5 Å². The lowest BCUT2D eigenvalue weighted by molar-refractivity contribution is -0.274. The van der Waals surface area contributed by atoms with Gasteiger partial charge < -0.3 is 14.8 Å². The average molecular weight is 390 g/mol. The van der Waals surface area contributed by atoms with Crippen molar-refractivity contribution < 1.29 is 22.6 Å². The maximum atomic E-state index is 12.3. The zero-order valence-corrected chi connectivity index (χ0v) is 15.1. The fourth-order valence-corrected chi connectivity index (χ4v) is 2.37. The number of rotatable bonds is 6. The van der Waals surface area contributed by atoms with E-state index in [1.165, 1.54) is 24.3 Å². The van der Waals surface area contributed by atoms with Crippen LogP contribution in [0, 0.1) is 0 Å². The Balaban J connectivity index is 1.83. The second kappa shape index (κ2) is 8.12. The van der Waals surface area contributed by atoms with Gasteiger partial charge in [0.15, 0.2) is 5.82 Å². The molecular formula is C19H17F3N4O2. The van der Waals surface area contributed by atoms with Gasteiger partial charge in [-0.15, -0.1) is 13.2 Å². The number of hydrogen-bond donors (Lipinski definition) is 1. The normalized spacial score (nSPS) is 11.2. The van der Waals surface area contributed by atoms with E-state index in [0.29, 0.717) is 35.5 Å². The molecule has 0 saturated heterocycles. The number of methoxy groups -OCH3 is 1. The summed E-state index contributed by atoms with van der Waals surface area (Å²) in [5, 5.41) is 2.98. The predicted octanol–water partition coefficient (Wildman–Crippen LogP) is 4.75. The fraction of sp³-hybridized carbons (Fsp3) is 0.211. The quantitative estimate of drug-likeness (QED) is 0.655. The summed E-state index contributed by atoms with van der Waals surface area (Å²) in [5.41, 5.74) is 1.30. The fourth-order valence-electron chi connectivity index (χ4n) is 2.37. The SMILES string of the molecule is CCc1nc(Nc2ccc(OC(F)(F)F)cc2)nc(-c2ccc(OC)cc2)n1. The van der Waals surface area contributed by atoms with E-state index in [-0.39, 0.29) is 5.75 Å². The molecule has 0 radical (unpaired) electrons. The molecule has 3 rings (SSSR count). The zero-order chi connectivity index (χ0) is 20.1. The van der Waals surface area contributed by atoms with Crippen molar-refractivity contribution in [3.05, 3.63) is 54.4 Å². The minimum Gasteiger partial charge on any atom is -0.497 e. The Hall–Kier alpha value is -3.36. The molecule has 1 N–H and O–H groups in total. The number of anilines is 2. The standard InChI is InChI=1S/C19H17F3N4O2/c1-3-16-24-17(12-4-8-14(27-2)9-5-12)26-18(25-16)23-13-6-10-15(11-7-13)28-19(20,21)22/h4-11H,3H2,1-2H3,(H,23,24,25,26). The van der Waals surface area contributed by atoms with Crippen LogP contribution in [0.3, 0.4) is 0 Å². The number of aryl methyl sites for hydroxylation is 1. The van der Waals surface area contributed by atoms with Gasteiger partial charge in [-0.2, -0.15) is 9.97 Å². The molecule has 0 unspecified atom stereocenters. The summed E-state index contributed by atoms with van der Waals surface area (Å²) in [5.74, 6) is 1.77. The molecular weight excluding hydrogens is 373 g/mol. The Labute approximate surface area is 159 Å². The first kappa shape index (κ1) is 19.4. The third kappa shape index (κ3) is 5.09. The Kier molecular flexibility index (Phi) is 5.62. The van der Waals surface area contributed by atoms with Gasteiger partial charge in [-0.3, -0.25) is 0 Å². The third-order valence-electron chi connectivity index (χ3n) is 3.69. The van der Waals surface area contributed by atoms with E-state index in [2.05, 4.69) is 25.0 Å². The largest absolute Gasteiger partial charge is 0.573 e. The van der Waals surface area contributed by atoms with Gasteiger partial charge in [0.05, 0.1) is 7.11 Å². The van der Waals surface area contributed by atoms with Crippen LogP contribution in [0.1, 0.15) is 12.7 Å². The minimum atomic E-state index is -4.73. The highest BCUT2D eigenvalue weighted by Gasteiger charge is 2.30. The van der Waals surface area contributed by atoms with Crippen LogP contribution in [0.25, 0.3) is 11.4 Å². The molecule has 28 heavy (non-hydrogen) atoms. The van der Waals surface area contributed by atoms with Gasteiger partial charge in [0.1, 0.15) is 17.3 Å². The highest BCUT2D eigenvalue weighted by Crippen LogP contribution is 2.25. The maximum Gasteiger partial charge on any atom is 0.573 e. The van der Waals surface area contributed by atoms with E-state index < -0.39 is 6.36 Å². The highest BCUT2D eigenvalue weighted by atomic mass is 19.4. The van der Waals surface area contributed by atoms with Gasteiger partial charge in [-0.05, 0) is 48.5 Å². The van der Waals surface area contributed by atoms with Crippen molar-refractivity contribution >= 4 is 11.6 Å². The summed E-state index contributed by atoms with van der Waals surface area (Å²) in [6.07, 6.45) is -4.13. The van der Waals surface area contributed by atoms with Crippen molar-refractivity contribution in [1.29, 1.82) is 0 Å². The van der Waals surface area contributed by atoms with Gasteiger partial charge in [-0.25, -0.2) is 4.98 Å². The number of alkyl halides is 3. The molecule has 6 nitrogen and oxygen atoms in total. The van der Waals surface area contributed by atoms with Gasteiger partial charge >= 0.3 is 6.36 Å². The van der Waals surface area contributed by atoms with E-state index in [1.54, 1.807) is 19.2 Å². The molecule has 0 aliphatic heterocycles. The molecule has 3 aromatic rings. The summed E-state index contributed by atoms with van der Waals surface area (Å²) < 4.78 is 45.8. The van der Waals surface area contributed by atoms with Crippen molar-refractivity contribution in [2.45, 2.75) is 19.7 Å². The summed E-state index contributed by atoms with van der Waals surface area (Å²) in [6.45, 7) is 1.92. The number of aromatic nitrogens is 3. The highest BCUT2D eigenvalue weighted by molar-refractivity contribution is 5.60. The molecule has 0 aliphatic carbocycles. The topological polar surface area (TPSA) is 69.2 Å². The molecule has 1 aromatic heterocycles. The van der Waals surface area contributed by atoms with Crippen molar-refractivity contribution in [3.8, 4) is 22.9 Å². The van der Waals surface area contributed by atoms with Crippen molar-refractivity contribution in [2.24, 2.45) is 0 Å². The minimum absolute atomic E-state index is 0.294. The number of halogens is 3. The van der Waals surface area contributed by atoms with E-state index in [1.807, 2.05) is 19.1 Å². The number of nitrogens with one attached hydrogen (secondary N) is 1. The first-order valence-electron chi connectivity index (χ1n) is 8.38. The molecule has 0 aliphatic rings. The lowest BCUT2D eigenvalue weighted by atomic mass is 10.2. The van der Waals surface area contributed by atoms with E-state index in [0.717, 1.165) is 5.56 Å². The predicted molar refractivity (Wildman–Crippen MR) is 97.6 cm³/mol. The monoisotopic (exact) mass is 390 g/mol. The van der Waals surface area contributed by atoms with Crippen LogP contribution < -0.4 is 14.8 Å². The molecule has 0 fully saturated rings. The van der Waals surface area contributed by atoms with E-state index in [4.69, 9.17) is 4.74 Å². The molecule has 0 bridgehead atoms. The molecule has 0 saturated carbocycles. The van der Waals surface area contributed by atoms with Gasteiger partial charge in [0, 0.05) is 17.7 Å². The second-order valence-corrected chi connectivity index (χ2v) is 5.68. The Bertz CT molecular complexity index is 929. The number of nitrogens with zero attached hydrogens (tertiary/aromatic N) is 3. The van der Waals surface area contributed by atoms with E-state index >= 15 is 0 Å². The Morgan fingerprint density at radius 2 is 1.54 bits per heavy atom. The Morgan fingerprint density at radius 1 is 0.893 bits per heavy atom. The van der Waals surface area contributed by atoms with Crippen LogP contribution in [0.15, 0.2) is 48.5 Å². The number of benzene rings is 2. The first-order valence-corrected chi connectivity index (χ1v) is 8.38. The smallest absolute Gasteiger partial charge is 0.497 e. The zero-order valence-electron chi connectivity index (χ0n) is 15.1. The summed E-state index contributed by atoms with van der Waals surface area (Å²) in [6, 6.07) is 12.6. The van der Waals surface area contributed by atoms with Crippen molar-refractivity contribution in [2.75, 3.05) is 12.4 Å². The maximum absolute atomic E-state index is 12.3. The number of ether oxygens (including phenoxy) is 2. The molecule has 9 heteroatoms. The van der Waals surface area contributed by atoms with Gasteiger partial charge in [0.2, 0.25) is 5.95 Å². The van der Waals surface area contributed by atoms with Gasteiger partial charge in [-0.1, -0.05) is 6.92 Å². The summed E-state index contributed by atoms with van der Waals surface area (Å²) >= 11 is 0. The lowest BCUT2D eigenvalue weighted by Gasteiger charge is -2.11. The van der Waals surface area contributed by atoms with E-state index in [9.17, 15) is 13.2 Å². The molecule has 0 spiro atoms. The van der Waals surface area contributed by atoms with Crippen molar-refractivity contribution in [1.82, 2.24) is 15.0 Å². The van der Waals surface area contributed by atoms with Crippen LogP contribution >= 0.6 is 0 Å². The third-order valence-corrected chi connectivity index (χ3v) is 3.69. The second-order valence-electron chi connectivity index (χ2n) is 5.68. The van der Waals surface area contributed by atoms with Crippen LogP contribution in [-0.4, -0.2) is 28.4 Å².